The summed E-state index contributed by atoms with van der Waals surface area (Å²) < 4.78 is 0. The molecule has 0 aliphatic carbocycles. The van der Waals surface area contributed by atoms with Crippen molar-refractivity contribution < 1.29 is 0 Å². The highest BCUT2D eigenvalue weighted by Crippen LogP contribution is 2.21. The normalized spacial score (nSPS) is 12.3. The lowest BCUT2D eigenvalue weighted by Crippen LogP contribution is -2.03. The third-order valence-electron chi connectivity index (χ3n) is 2.02. The summed E-state index contributed by atoms with van der Waals surface area (Å²) in [7, 11) is 1.90. The summed E-state index contributed by atoms with van der Waals surface area (Å²) in [6.45, 7) is 4.10. The van der Waals surface area contributed by atoms with E-state index in [0.717, 1.165) is 16.2 Å². The highest BCUT2D eigenvalue weighted by atomic mass is 32.1. The molecule has 0 bridgehead atoms. The van der Waals surface area contributed by atoms with Gasteiger partial charge in [-0.25, -0.2) is 0 Å². The average molecular weight is 193 g/mol. The van der Waals surface area contributed by atoms with Gasteiger partial charge < -0.3 is 5.32 Å². The van der Waals surface area contributed by atoms with Crippen molar-refractivity contribution in [2.24, 2.45) is 0 Å². The van der Waals surface area contributed by atoms with Gasteiger partial charge in [0.1, 0.15) is 0 Å². The maximum absolute atomic E-state index is 4.46. The number of nitrogens with one attached hydrogen (secondary N) is 1. The van der Waals surface area contributed by atoms with Crippen LogP contribution in [0.5, 0.6) is 0 Å². The summed E-state index contributed by atoms with van der Waals surface area (Å²) in [6.07, 6.45) is 0. The third kappa shape index (κ3) is 2.52. The van der Waals surface area contributed by atoms with Gasteiger partial charge in [0, 0.05) is 17.6 Å². The number of hydrogen-bond donors (Lipinski definition) is 2. The number of hydrogen-bond acceptors (Lipinski definition) is 2. The zero-order valence-corrected chi connectivity index (χ0v) is 9.15. The molecule has 0 saturated heterocycles. The first-order valence-corrected chi connectivity index (χ1v) is 4.74. The Morgan fingerprint density at radius 2 is 2.08 bits per heavy atom. The number of benzene rings is 1. The van der Waals surface area contributed by atoms with Crippen molar-refractivity contribution in [2.75, 3.05) is 7.05 Å². The molecule has 0 fully saturated rings. The molecule has 1 nitrogen and oxygen atoms in total. The van der Waals surface area contributed by atoms with E-state index in [1.54, 1.807) is 0 Å². The highest BCUT2D eigenvalue weighted by Gasteiger charge is 1.99. The SMILES string of the molecule is CN/C(C)=C(\S)c1cccc(C)c1. The van der Waals surface area contributed by atoms with Crippen LogP contribution in [0.4, 0.5) is 0 Å². The molecule has 0 heterocycles. The van der Waals surface area contributed by atoms with Gasteiger partial charge in [0.2, 0.25) is 0 Å². The standard InChI is InChI=1S/C11H15NS/c1-8-5-4-6-10(7-8)11(13)9(2)12-3/h4-7,12-13H,1-3H3/b11-9-. The first-order valence-electron chi connectivity index (χ1n) is 4.29. The van der Waals surface area contributed by atoms with Gasteiger partial charge in [-0.15, -0.1) is 12.6 Å². The van der Waals surface area contributed by atoms with Gasteiger partial charge in [-0.2, -0.15) is 0 Å². The van der Waals surface area contributed by atoms with Crippen molar-refractivity contribution in [1.29, 1.82) is 0 Å². The van der Waals surface area contributed by atoms with Crippen molar-refractivity contribution in [3.8, 4) is 0 Å². The van der Waals surface area contributed by atoms with Crippen LogP contribution in [0.3, 0.4) is 0 Å². The maximum Gasteiger partial charge on any atom is 0.0300 e. The van der Waals surface area contributed by atoms with E-state index in [2.05, 4.69) is 43.1 Å². The second-order valence-corrected chi connectivity index (χ2v) is 3.54. The van der Waals surface area contributed by atoms with Gasteiger partial charge in [0.25, 0.3) is 0 Å². The lowest BCUT2D eigenvalue weighted by Gasteiger charge is -2.06. The Hall–Kier alpha value is -0.890. The van der Waals surface area contributed by atoms with Crippen LogP contribution in [0, 0.1) is 6.92 Å². The topological polar surface area (TPSA) is 12.0 Å². The Morgan fingerprint density at radius 3 is 2.62 bits per heavy atom. The molecule has 0 amide bonds. The molecule has 70 valence electrons. The van der Waals surface area contributed by atoms with Gasteiger partial charge in [0.15, 0.2) is 0 Å². The number of allylic oxidation sites excluding steroid dienone is 1. The van der Waals surface area contributed by atoms with Crippen LogP contribution in [0.25, 0.3) is 4.91 Å². The van der Waals surface area contributed by atoms with E-state index in [1.807, 2.05) is 20.0 Å². The molecule has 1 N–H and O–H groups in total. The van der Waals surface area contributed by atoms with Crippen molar-refractivity contribution >= 4 is 17.5 Å². The maximum atomic E-state index is 4.46. The molecule has 0 atom stereocenters. The van der Waals surface area contributed by atoms with Crippen LogP contribution in [-0.4, -0.2) is 7.05 Å². The molecule has 0 spiro atoms. The molecule has 0 unspecified atom stereocenters. The molecule has 1 aromatic carbocycles. The Morgan fingerprint density at radius 1 is 1.38 bits per heavy atom. The molecule has 0 aliphatic rings. The second-order valence-electron chi connectivity index (χ2n) is 3.09. The number of aryl methyl sites for hydroxylation is 1. The lowest BCUT2D eigenvalue weighted by atomic mass is 10.1. The van der Waals surface area contributed by atoms with Gasteiger partial charge >= 0.3 is 0 Å². The third-order valence-corrected chi connectivity index (χ3v) is 2.62. The predicted octanol–water partition coefficient (Wildman–Crippen LogP) is 2.83. The van der Waals surface area contributed by atoms with Crippen molar-refractivity contribution in [1.82, 2.24) is 5.32 Å². The quantitative estimate of drug-likeness (QED) is 0.688. The van der Waals surface area contributed by atoms with Crippen LogP contribution in [0.2, 0.25) is 0 Å². The minimum absolute atomic E-state index is 1.01. The van der Waals surface area contributed by atoms with Crippen LogP contribution in [0.1, 0.15) is 18.1 Å². The van der Waals surface area contributed by atoms with E-state index in [1.165, 1.54) is 5.56 Å². The molecule has 2 heteroatoms. The highest BCUT2D eigenvalue weighted by molar-refractivity contribution is 7.90. The van der Waals surface area contributed by atoms with E-state index >= 15 is 0 Å². The fraction of sp³-hybridized carbons (Fsp3) is 0.273. The van der Waals surface area contributed by atoms with E-state index in [4.69, 9.17) is 0 Å². The predicted molar refractivity (Wildman–Crippen MR) is 61.8 cm³/mol. The molecule has 13 heavy (non-hydrogen) atoms. The smallest absolute Gasteiger partial charge is 0.0300 e. The molecule has 0 aromatic heterocycles. The van der Waals surface area contributed by atoms with E-state index in [-0.39, 0.29) is 0 Å². The Bertz CT molecular complexity index is 329. The van der Waals surface area contributed by atoms with Gasteiger partial charge in [0.05, 0.1) is 0 Å². The van der Waals surface area contributed by atoms with E-state index in [0.29, 0.717) is 0 Å². The minimum atomic E-state index is 1.01. The first-order chi connectivity index (χ1) is 6.15. The minimum Gasteiger partial charge on any atom is -0.391 e. The largest absolute Gasteiger partial charge is 0.391 e. The summed E-state index contributed by atoms with van der Waals surface area (Å²) in [5, 5.41) is 3.09. The number of thiol groups is 1. The van der Waals surface area contributed by atoms with Crippen LogP contribution in [-0.2, 0) is 0 Å². The first kappa shape index (κ1) is 10.2. The second kappa shape index (κ2) is 4.38. The van der Waals surface area contributed by atoms with Crippen LogP contribution in [0.15, 0.2) is 30.0 Å². The zero-order valence-electron chi connectivity index (χ0n) is 8.26. The fourth-order valence-corrected chi connectivity index (χ4v) is 1.38. The molecule has 0 saturated carbocycles. The summed E-state index contributed by atoms with van der Waals surface area (Å²) in [5.74, 6) is 0. The summed E-state index contributed by atoms with van der Waals surface area (Å²) >= 11 is 4.46. The molecule has 1 rings (SSSR count). The summed E-state index contributed by atoms with van der Waals surface area (Å²) in [4.78, 5) is 1.01. The summed E-state index contributed by atoms with van der Waals surface area (Å²) in [5.41, 5.74) is 3.51. The van der Waals surface area contributed by atoms with Crippen LogP contribution >= 0.6 is 12.6 Å². The monoisotopic (exact) mass is 193 g/mol. The van der Waals surface area contributed by atoms with Gasteiger partial charge in [-0.1, -0.05) is 29.8 Å². The molecular weight excluding hydrogens is 178 g/mol. The fourth-order valence-electron chi connectivity index (χ4n) is 1.13. The summed E-state index contributed by atoms with van der Waals surface area (Å²) in [6, 6.07) is 8.32. The average Bonchev–Trinajstić information content (AvgIpc) is 2.15. The van der Waals surface area contributed by atoms with Gasteiger partial charge in [-0.3, -0.25) is 0 Å². The van der Waals surface area contributed by atoms with E-state index < -0.39 is 0 Å². The molecule has 1 aromatic rings. The van der Waals surface area contributed by atoms with Crippen molar-refractivity contribution in [3.05, 3.63) is 41.1 Å². The van der Waals surface area contributed by atoms with Gasteiger partial charge in [-0.05, 0) is 19.4 Å². The Labute approximate surface area is 85.3 Å². The Kier molecular flexibility index (Phi) is 3.43. The molecular formula is C11H15NS. The lowest BCUT2D eigenvalue weighted by molar-refractivity contribution is 1.000. The van der Waals surface area contributed by atoms with Crippen molar-refractivity contribution in [2.45, 2.75) is 13.8 Å². The zero-order chi connectivity index (χ0) is 9.84. The molecule has 0 aliphatic heterocycles. The van der Waals surface area contributed by atoms with Crippen molar-refractivity contribution in [3.63, 3.8) is 0 Å². The van der Waals surface area contributed by atoms with E-state index in [9.17, 15) is 0 Å². The molecule has 0 radical (unpaired) electrons. The van der Waals surface area contributed by atoms with Crippen LogP contribution < -0.4 is 5.32 Å². The number of rotatable bonds is 2. The Balaban J connectivity index is 3.08.